The van der Waals surface area contributed by atoms with E-state index in [4.69, 9.17) is 17.0 Å². The van der Waals surface area contributed by atoms with Gasteiger partial charge in [-0.25, -0.2) is 0 Å². The predicted molar refractivity (Wildman–Crippen MR) is 113 cm³/mol. The summed E-state index contributed by atoms with van der Waals surface area (Å²) in [7, 11) is 0. The number of benzene rings is 2. The number of hydrogen-bond donors (Lipinski definition) is 1. The molecule has 1 aliphatic rings. The van der Waals surface area contributed by atoms with Crippen LogP contribution in [-0.2, 0) is 0 Å². The number of anilines is 1. The van der Waals surface area contributed by atoms with E-state index in [1.165, 1.54) is 6.42 Å². The summed E-state index contributed by atoms with van der Waals surface area (Å²) in [4.78, 5) is 23.1. The molecule has 1 aliphatic heterocycles. The predicted octanol–water partition coefficient (Wildman–Crippen LogP) is 4.03. The fraction of sp³-hybridized carbons (Fsp3) is 0.238. The van der Waals surface area contributed by atoms with Gasteiger partial charge in [0, 0.05) is 36.7 Å². The molecule has 4 rings (SSSR count). The van der Waals surface area contributed by atoms with Gasteiger partial charge in [0.2, 0.25) is 0 Å². The van der Waals surface area contributed by atoms with Gasteiger partial charge in [-0.1, -0.05) is 0 Å². The maximum absolute atomic E-state index is 12.5. The topological polar surface area (TPSA) is 67.3 Å². The van der Waals surface area contributed by atoms with Crippen LogP contribution in [0.15, 0.2) is 54.9 Å². The van der Waals surface area contributed by atoms with E-state index >= 15 is 0 Å². The standard InChI is InChI=1S/C21H20N4O2S/c26-20(24-16-6-9-18-19(14-16)23-11-10-22-18)15-4-7-17(8-5-15)27-21(28)25-12-2-1-3-13-25/h4-11,14H,1-3,12-13H2,(H,24,26). The van der Waals surface area contributed by atoms with Crippen molar-refractivity contribution in [3.8, 4) is 5.75 Å². The SMILES string of the molecule is O=C(Nc1ccc2nccnc2c1)c1ccc(OC(=S)N2CCCCC2)cc1. The molecule has 0 atom stereocenters. The number of piperidine rings is 1. The third-order valence-corrected chi connectivity index (χ3v) is 5.00. The van der Waals surface area contributed by atoms with Crippen LogP contribution in [0, 0.1) is 0 Å². The van der Waals surface area contributed by atoms with E-state index in [1.807, 2.05) is 12.1 Å². The van der Waals surface area contributed by atoms with Crippen LogP contribution >= 0.6 is 12.2 Å². The Morgan fingerprint density at radius 2 is 1.68 bits per heavy atom. The number of rotatable bonds is 3. The maximum atomic E-state index is 12.5. The number of thiocarbonyl (C=S) groups is 1. The number of hydrogen-bond acceptors (Lipinski definition) is 5. The fourth-order valence-electron chi connectivity index (χ4n) is 3.16. The Morgan fingerprint density at radius 1 is 0.964 bits per heavy atom. The number of nitrogens with one attached hydrogen (secondary N) is 1. The molecule has 7 heteroatoms. The van der Waals surface area contributed by atoms with Crippen molar-refractivity contribution in [3.63, 3.8) is 0 Å². The monoisotopic (exact) mass is 392 g/mol. The van der Waals surface area contributed by atoms with Crippen molar-refractivity contribution in [1.82, 2.24) is 14.9 Å². The van der Waals surface area contributed by atoms with Crippen molar-refractivity contribution in [2.24, 2.45) is 0 Å². The van der Waals surface area contributed by atoms with E-state index in [0.717, 1.165) is 37.0 Å². The van der Waals surface area contributed by atoms with E-state index in [0.29, 0.717) is 22.2 Å². The molecule has 0 unspecified atom stereocenters. The van der Waals surface area contributed by atoms with E-state index in [-0.39, 0.29) is 5.91 Å². The normalized spacial score (nSPS) is 13.9. The first-order valence-electron chi connectivity index (χ1n) is 9.28. The number of aromatic nitrogens is 2. The van der Waals surface area contributed by atoms with Gasteiger partial charge in [-0.2, -0.15) is 0 Å². The van der Waals surface area contributed by atoms with Gasteiger partial charge in [0.15, 0.2) is 0 Å². The van der Waals surface area contributed by atoms with Gasteiger partial charge in [-0.05, 0) is 73.9 Å². The molecule has 2 aromatic carbocycles. The van der Waals surface area contributed by atoms with E-state index in [9.17, 15) is 4.79 Å². The summed E-state index contributed by atoms with van der Waals surface area (Å²) in [5, 5.41) is 3.38. The highest BCUT2D eigenvalue weighted by Crippen LogP contribution is 2.19. The van der Waals surface area contributed by atoms with Crippen LogP contribution in [-0.4, -0.2) is 39.0 Å². The van der Waals surface area contributed by atoms with Crippen LogP contribution < -0.4 is 10.1 Å². The highest BCUT2D eigenvalue weighted by molar-refractivity contribution is 7.80. The lowest BCUT2D eigenvalue weighted by Gasteiger charge is -2.28. The number of likely N-dealkylation sites (tertiary alicyclic amines) is 1. The molecular formula is C21H20N4O2S. The molecular weight excluding hydrogens is 372 g/mol. The first-order chi connectivity index (χ1) is 13.7. The Bertz CT molecular complexity index is 1000. The maximum Gasteiger partial charge on any atom is 0.264 e. The zero-order chi connectivity index (χ0) is 19.3. The van der Waals surface area contributed by atoms with Gasteiger partial charge in [0.05, 0.1) is 11.0 Å². The smallest absolute Gasteiger partial charge is 0.264 e. The van der Waals surface area contributed by atoms with Gasteiger partial charge in [0.1, 0.15) is 5.75 Å². The Labute approximate surface area is 168 Å². The van der Waals surface area contributed by atoms with E-state index in [2.05, 4.69) is 20.2 Å². The first kappa shape index (κ1) is 18.3. The summed E-state index contributed by atoms with van der Waals surface area (Å²) in [6, 6.07) is 12.4. The number of amides is 1. The van der Waals surface area contributed by atoms with Gasteiger partial charge >= 0.3 is 0 Å². The third kappa shape index (κ3) is 4.26. The Balaban J connectivity index is 1.39. The van der Waals surface area contributed by atoms with Gasteiger partial charge in [-0.15, -0.1) is 0 Å². The zero-order valence-corrected chi connectivity index (χ0v) is 16.1. The van der Waals surface area contributed by atoms with Crippen LogP contribution in [0.1, 0.15) is 29.6 Å². The molecule has 1 N–H and O–H groups in total. The van der Waals surface area contributed by atoms with Crippen LogP contribution in [0.3, 0.4) is 0 Å². The second kappa shape index (κ2) is 8.31. The molecule has 1 aromatic heterocycles. The number of ether oxygens (including phenoxy) is 1. The highest BCUT2D eigenvalue weighted by Gasteiger charge is 2.15. The molecule has 0 radical (unpaired) electrons. The molecule has 28 heavy (non-hydrogen) atoms. The molecule has 3 aromatic rings. The lowest BCUT2D eigenvalue weighted by Crippen LogP contribution is -2.37. The van der Waals surface area contributed by atoms with Gasteiger partial charge < -0.3 is 15.0 Å². The summed E-state index contributed by atoms with van der Waals surface area (Å²) in [6.07, 6.45) is 6.79. The molecule has 1 amide bonds. The molecule has 1 saturated heterocycles. The van der Waals surface area contributed by atoms with Crippen LogP contribution in [0.4, 0.5) is 5.69 Å². The lowest BCUT2D eigenvalue weighted by molar-refractivity contribution is 0.102. The highest BCUT2D eigenvalue weighted by atomic mass is 32.1. The molecule has 0 spiro atoms. The minimum absolute atomic E-state index is 0.201. The van der Waals surface area contributed by atoms with Crippen molar-refractivity contribution in [1.29, 1.82) is 0 Å². The number of carbonyl (C=O) groups is 1. The van der Waals surface area contributed by atoms with Gasteiger partial charge in [-0.3, -0.25) is 14.8 Å². The van der Waals surface area contributed by atoms with Crippen LogP contribution in [0.5, 0.6) is 5.75 Å². The molecule has 0 saturated carbocycles. The second-order valence-corrected chi connectivity index (χ2v) is 7.00. The third-order valence-electron chi connectivity index (χ3n) is 4.66. The quantitative estimate of drug-likeness (QED) is 0.679. The Hall–Kier alpha value is -3.06. The Morgan fingerprint density at radius 3 is 2.43 bits per heavy atom. The van der Waals surface area contributed by atoms with Crippen molar-refractivity contribution in [2.75, 3.05) is 18.4 Å². The summed E-state index contributed by atoms with van der Waals surface area (Å²) < 4.78 is 5.77. The lowest BCUT2D eigenvalue weighted by atomic mass is 10.1. The largest absolute Gasteiger partial charge is 0.432 e. The van der Waals surface area contributed by atoms with Crippen molar-refractivity contribution >= 4 is 40.0 Å². The molecule has 1 fully saturated rings. The zero-order valence-electron chi connectivity index (χ0n) is 15.3. The second-order valence-electron chi connectivity index (χ2n) is 6.65. The molecule has 6 nitrogen and oxygen atoms in total. The van der Waals surface area contributed by atoms with Crippen molar-refractivity contribution in [3.05, 3.63) is 60.4 Å². The summed E-state index contributed by atoms with van der Waals surface area (Å²) in [5.74, 6) is 0.432. The number of nitrogens with zero attached hydrogens (tertiary/aromatic N) is 3. The van der Waals surface area contributed by atoms with E-state index in [1.54, 1.807) is 42.7 Å². The average molecular weight is 392 g/mol. The van der Waals surface area contributed by atoms with Gasteiger partial charge in [0.25, 0.3) is 11.1 Å². The summed E-state index contributed by atoms with van der Waals surface area (Å²) in [6.45, 7) is 1.88. The Kier molecular flexibility index (Phi) is 5.43. The fourth-order valence-corrected chi connectivity index (χ4v) is 3.44. The average Bonchev–Trinajstić information content (AvgIpc) is 2.75. The summed E-state index contributed by atoms with van der Waals surface area (Å²) >= 11 is 5.38. The number of fused-ring (bicyclic) bond motifs is 1. The van der Waals surface area contributed by atoms with Crippen LogP contribution in [0.2, 0.25) is 0 Å². The first-order valence-corrected chi connectivity index (χ1v) is 9.69. The molecule has 2 heterocycles. The van der Waals surface area contributed by atoms with Crippen molar-refractivity contribution in [2.45, 2.75) is 19.3 Å². The van der Waals surface area contributed by atoms with Crippen LogP contribution in [0.25, 0.3) is 11.0 Å². The minimum Gasteiger partial charge on any atom is -0.432 e. The van der Waals surface area contributed by atoms with E-state index < -0.39 is 0 Å². The minimum atomic E-state index is -0.201. The molecule has 0 bridgehead atoms. The molecule has 142 valence electrons. The van der Waals surface area contributed by atoms with Crippen molar-refractivity contribution < 1.29 is 9.53 Å². The summed E-state index contributed by atoms with van der Waals surface area (Å²) in [5.41, 5.74) is 2.72. The molecule has 0 aliphatic carbocycles. The number of carbonyl (C=O) groups excluding carboxylic acids is 1.